The van der Waals surface area contributed by atoms with Gasteiger partial charge in [0.1, 0.15) is 0 Å². The molecular formula is C22H23ClN2O. The predicted octanol–water partition coefficient (Wildman–Crippen LogP) is 6.05. The minimum absolute atomic E-state index is 0.0597. The molecule has 0 spiro atoms. The van der Waals surface area contributed by atoms with Crippen LogP contribution < -0.4 is 5.32 Å². The summed E-state index contributed by atoms with van der Waals surface area (Å²) in [6.07, 6.45) is 0. The fourth-order valence-electron chi connectivity index (χ4n) is 2.95. The van der Waals surface area contributed by atoms with E-state index >= 15 is 0 Å². The lowest BCUT2D eigenvalue weighted by atomic mass is 9.87. The van der Waals surface area contributed by atoms with Crippen LogP contribution in [0.15, 0.2) is 42.5 Å². The van der Waals surface area contributed by atoms with E-state index < -0.39 is 0 Å². The first-order valence-corrected chi connectivity index (χ1v) is 9.03. The van der Waals surface area contributed by atoms with Crippen molar-refractivity contribution in [3.8, 4) is 0 Å². The van der Waals surface area contributed by atoms with Gasteiger partial charge in [0.15, 0.2) is 0 Å². The highest BCUT2D eigenvalue weighted by Crippen LogP contribution is 2.30. The first kappa shape index (κ1) is 18.4. The molecule has 1 N–H and O–H groups in total. The minimum Gasteiger partial charge on any atom is -0.321 e. The quantitative estimate of drug-likeness (QED) is 0.599. The van der Waals surface area contributed by atoms with E-state index in [4.69, 9.17) is 11.6 Å². The van der Waals surface area contributed by atoms with Crippen molar-refractivity contribution < 1.29 is 4.79 Å². The maximum absolute atomic E-state index is 12.7. The zero-order valence-electron chi connectivity index (χ0n) is 15.8. The molecule has 3 rings (SSSR count). The zero-order valence-corrected chi connectivity index (χ0v) is 16.5. The number of hydrogen-bond donors (Lipinski definition) is 1. The van der Waals surface area contributed by atoms with Crippen LogP contribution in [0, 0.1) is 13.8 Å². The molecule has 0 fully saturated rings. The Bertz CT molecular complexity index is 986. The van der Waals surface area contributed by atoms with Crippen LogP contribution in [0.4, 0.5) is 5.69 Å². The number of fused-ring (bicyclic) bond motifs is 1. The smallest absolute Gasteiger partial charge is 0.255 e. The molecule has 4 heteroatoms. The third-order valence-corrected chi connectivity index (χ3v) is 4.97. The van der Waals surface area contributed by atoms with Gasteiger partial charge < -0.3 is 5.32 Å². The molecule has 0 unspecified atom stereocenters. The maximum atomic E-state index is 12.7. The molecule has 3 nitrogen and oxygen atoms in total. The lowest BCUT2D eigenvalue weighted by Crippen LogP contribution is -2.14. The molecule has 0 aliphatic heterocycles. The standard InChI is InChI=1S/C22H23ClN2O/c1-13-12-19(17-10-11-18(23)14(2)20(17)24-13)25-21(26)15-6-8-16(9-7-15)22(3,4)5/h6-12H,1-5H3,(H,24,25,26). The van der Waals surface area contributed by atoms with E-state index in [-0.39, 0.29) is 11.3 Å². The Morgan fingerprint density at radius 3 is 2.31 bits per heavy atom. The minimum atomic E-state index is -0.134. The third kappa shape index (κ3) is 3.58. The van der Waals surface area contributed by atoms with Crippen molar-refractivity contribution in [1.29, 1.82) is 0 Å². The molecule has 1 heterocycles. The molecule has 2 aromatic carbocycles. The highest BCUT2D eigenvalue weighted by molar-refractivity contribution is 6.32. The van der Waals surface area contributed by atoms with Gasteiger partial charge in [-0.25, -0.2) is 0 Å². The number of carbonyl (C=O) groups is 1. The predicted molar refractivity (Wildman–Crippen MR) is 109 cm³/mol. The average molecular weight is 367 g/mol. The number of anilines is 1. The topological polar surface area (TPSA) is 42.0 Å². The second-order valence-electron chi connectivity index (χ2n) is 7.66. The summed E-state index contributed by atoms with van der Waals surface area (Å²) in [6, 6.07) is 13.4. The van der Waals surface area contributed by atoms with Crippen LogP contribution in [0.1, 0.15) is 48.0 Å². The lowest BCUT2D eigenvalue weighted by molar-refractivity contribution is 0.102. The van der Waals surface area contributed by atoms with Gasteiger partial charge in [-0.05, 0) is 60.7 Å². The number of halogens is 1. The highest BCUT2D eigenvalue weighted by atomic mass is 35.5. The van der Waals surface area contributed by atoms with Crippen LogP contribution in [-0.2, 0) is 5.41 Å². The summed E-state index contributed by atoms with van der Waals surface area (Å²) in [5.74, 6) is -0.134. The van der Waals surface area contributed by atoms with Crippen LogP contribution in [0.2, 0.25) is 5.02 Å². The molecule has 0 aliphatic rings. The largest absolute Gasteiger partial charge is 0.321 e. The van der Waals surface area contributed by atoms with Gasteiger partial charge in [0.25, 0.3) is 5.91 Å². The van der Waals surface area contributed by atoms with E-state index in [1.807, 2.05) is 56.3 Å². The average Bonchev–Trinajstić information content (AvgIpc) is 2.58. The lowest BCUT2D eigenvalue weighted by Gasteiger charge is -2.19. The second kappa shape index (κ2) is 6.73. The molecule has 0 saturated carbocycles. The van der Waals surface area contributed by atoms with Crippen molar-refractivity contribution in [2.45, 2.75) is 40.0 Å². The molecule has 1 amide bonds. The van der Waals surface area contributed by atoms with Crippen LogP contribution in [0.25, 0.3) is 10.9 Å². The number of hydrogen-bond acceptors (Lipinski definition) is 2. The molecule has 1 aromatic heterocycles. The number of aryl methyl sites for hydroxylation is 2. The Morgan fingerprint density at radius 1 is 1.04 bits per heavy atom. The SMILES string of the molecule is Cc1cc(NC(=O)c2ccc(C(C)(C)C)cc2)c2ccc(Cl)c(C)c2n1. The summed E-state index contributed by atoms with van der Waals surface area (Å²) in [5.41, 5.74) is 5.20. The molecule has 0 saturated heterocycles. The molecular weight excluding hydrogens is 344 g/mol. The van der Waals surface area contributed by atoms with Crippen LogP contribution in [0.5, 0.6) is 0 Å². The molecule has 3 aromatic rings. The van der Waals surface area contributed by atoms with Crippen molar-refractivity contribution in [2.75, 3.05) is 5.32 Å². The van der Waals surface area contributed by atoms with Gasteiger partial charge in [-0.3, -0.25) is 9.78 Å². The maximum Gasteiger partial charge on any atom is 0.255 e. The molecule has 26 heavy (non-hydrogen) atoms. The number of pyridine rings is 1. The van der Waals surface area contributed by atoms with Crippen LogP contribution in [0.3, 0.4) is 0 Å². The summed E-state index contributed by atoms with van der Waals surface area (Å²) >= 11 is 6.22. The normalized spacial score (nSPS) is 11.6. The fourth-order valence-corrected chi connectivity index (χ4v) is 3.10. The molecule has 0 atom stereocenters. The number of aromatic nitrogens is 1. The zero-order chi connectivity index (χ0) is 19.1. The van der Waals surface area contributed by atoms with E-state index in [0.717, 1.165) is 27.8 Å². The number of amides is 1. The van der Waals surface area contributed by atoms with Gasteiger partial charge >= 0.3 is 0 Å². The van der Waals surface area contributed by atoms with E-state index in [0.29, 0.717) is 10.6 Å². The summed E-state index contributed by atoms with van der Waals surface area (Å²) in [6.45, 7) is 10.3. The summed E-state index contributed by atoms with van der Waals surface area (Å²) in [4.78, 5) is 17.3. The van der Waals surface area contributed by atoms with Crippen LogP contribution in [-0.4, -0.2) is 10.9 Å². The molecule has 0 radical (unpaired) electrons. The van der Waals surface area contributed by atoms with Crippen molar-refractivity contribution in [1.82, 2.24) is 4.98 Å². The molecule has 0 bridgehead atoms. The Balaban J connectivity index is 1.96. The molecule has 134 valence electrons. The van der Waals surface area contributed by atoms with Crippen molar-refractivity contribution in [3.05, 3.63) is 69.9 Å². The van der Waals surface area contributed by atoms with Gasteiger partial charge in [0.2, 0.25) is 0 Å². The summed E-state index contributed by atoms with van der Waals surface area (Å²) < 4.78 is 0. The van der Waals surface area contributed by atoms with Gasteiger partial charge in [-0.1, -0.05) is 44.5 Å². The van der Waals surface area contributed by atoms with E-state index in [1.165, 1.54) is 5.56 Å². The Kier molecular flexibility index (Phi) is 4.76. The third-order valence-electron chi connectivity index (χ3n) is 4.56. The number of nitrogens with one attached hydrogen (secondary N) is 1. The van der Waals surface area contributed by atoms with Gasteiger partial charge in [-0.15, -0.1) is 0 Å². The summed E-state index contributed by atoms with van der Waals surface area (Å²) in [5, 5.41) is 4.58. The monoisotopic (exact) mass is 366 g/mol. The van der Waals surface area contributed by atoms with E-state index in [2.05, 4.69) is 31.1 Å². The molecule has 0 aliphatic carbocycles. The van der Waals surface area contributed by atoms with Gasteiger partial charge in [0, 0.05) is 21.7 Å². The number of carbonyl (C=O) groups excluding carboxylic acids is 1. The highest BCUT2D eigenvalue weighted by Gasteiger charge is 2.15. The number of rotatable bonds is 2. The van der Waals surface area contributed by atoms with Crippen molar-refractivity contribution >= 4 is 34.1 Å². The van der Waals surface area contributed by atoms with Crippen molar-refractivity contribution in [3.63, 3.8) is 0 Å². The Labute approximate surface area is 159 Å². The van der Waals surface area contributed by atoms with Gasteiger partial charge in [0.05, 0.1) is 11.2 Å². The Hall–Kier alpha value is -2.39. The second-order valence-corrected chi connectivity index (χ2v) is 8.07. The first-order valence-electron chi connectivity index (χ1n) is 8.65. The number of benzene rings is 2. The number of nitrogens with zero attached hydrogens (tertiary/aromatic N) is 1. The van der Waals surface area contributed by atoms with Crippen molar-refractivity contribution in [2.24, 2.45) is 0 Å². The Morgan fingerprint density at radius 2 is 1.69 bits per heavy atom. The first-order chi connectivity index (χ1) is 12.2. The fraction of sp³-hybridized carbons (Fsp3) is 0.273. The van der Waals surface area contributed by atoms with E-state index in [9.17, 15) is 4.79 Å². The summed E-state index contributed by atoms with van der Waals surface area (Å²) in [7, 11) is 0. The van der Waals surface area contributed by atoms with Crippen LogP contribution >= 0.6 is 11.6 Å². The van der Waals surface area contributed by atoms with E-state index in [1.54, 1.807) is 0 Å². The van der Waals surface area contributed by atoms with Gasteiger partial charge in [-0.2, -0.15) is 0 Å².